The molecule has 5 heteroatoms. The summed E-state index contributed by atoms with van der Waals surface area (Å²) in [7, 11) is 0. The molecule has 6 rings (SSSR count). The summed E-state index contributed by atoms with van der Waals surface area (Å²) in [5, 5.41) is 0.789. The smallest absolute Gasteiger partial charge is 1.00 e. The molecule has 4 aromatic carbocycles. The van der Waals surface area contributed by atoms with Crippen molar-refractivity contribution in [2.75, 3.05) is 0 Å². The Morgan fingerprint density at radius 3 is 2.30 bits per heavy atom. The van der Waals surface area contributed by atoms with Crippen LogP contribution in [0.1, 0.15) is 47.1 Å². The van der Waals surface area contributed by atoms with Crippen molar-refractivity contribution >= 4 is 26.9 Å². The second-order valence-electron chi connectivity index (χ2n) is 10.0. The molecule has 0 fully saturated rings. The van der Waals surface area contributed by atoms with Crippen LogP contribution >= 0.6 is 11.6 Å². The molecule has 1 atom stereocenters. The van der Waals surface area contributed by atoms with Crippen LogP contribution in [0.5, 0.6) is 0 Å². The van der Waals surface area contributed by atoms with Crippen LogP contribution in [-0.2, 0) is 28.8 Å². The van der Waals surface area contributed by atoms with E-state index in [2.05, 4.69) is 92.8 Å². The Bertz CT molecular complexity index is 1470. The molecule has 0 bridgehead atoms. The topological polar surface area (TPSA) is 0 Å². The normalized spacial score (nSPS) is 14.6. The minimum Gasteiger partial charge on any atom is -1.00 e. The van der Waals surface area contributed by atoms with E-state index in [0.29, 0.717) is 5.92 Å². The van der Waals surface area contributed by atoms with E-state index in [-0.39, 0.29) is 24.8 Å². The van der Waals surface area contributed by atoms with Crippen LogP contribution < -0.4 is 28.1 Å². The molecule has 0 aliphatic heterocycles. The molecular weight excluding hydrogens is 610 g/mol. The van der Waals surface area contributed by atoms with Crippen LogP contribution in [0.2, 0.25) is 18.1 Å². The van der Waals surface area contributed by atoms with Gasteiger partial charge in [0.15, 0.2) is 0 Å². The number of hydrogen-bond donors (Lipinski definition) is 0. The van der Waals surface area contributed by atoms with Gasteiger partial charge in [-0.3, -0.25) is 0 Å². The summed E-state index contributed by atoms with van der Waals surface area (Å²) in [6, 6.07) is 29.3. The summed E-state index contributed by atoms with van der Waals surface area (Å²) in [6.45, 7) is 7.44. The number of allylic oxidation sites excluding steroid dienone is 1. The van der Waals surface area contributed by atoms with Crippen molar-refractivity contribution in [2.24, 2.45) is 0 Å². The third-order valence-corrected chi connectivity index (χ3v) is 16.2. The molecule has 0 spiro atoms. The number of rotatable bonds is 5. The van der Waals surface area contributed by atoms with Crippen LogP contribution in [0, 0.1) is 0 Å². The van der Waals surface area contributed by atoms with Crippen LogP contribution in [0.25, 0.3) is 28.3 Å². The van der Waals surface area contributed by atoms with Crippen LogP contribution in [0.4, 0.5) is 0 Å². The molecule has 0 heterocycles. The van der Waals surface area contributed by atoms with Gasteiger partial charge in [-0.05, 0) is 0 Å². The number of hydrogen-bond acceptors (Lipinski definition) is 0. The summed E-state index contributed by atoms with van der Waals surface area (Å²) in [4.78, 5) is 0. The second-order valence-corrected chi connectivity index (χ2v) is 25.0. The minimum absolute atomic E-state index is 0. The quantitative estimate of drug-likeness (QED) is 0.259. The molecule has 0 radical (unpaired) electrons. The largest absolute Gasteiger partial charge is 1.00 e. The summed E-state index contributed by atoms with van der Waals surface area (Å²) in [6.07, 6.45) is 4.67. The molecule has 4 aromatic rings. The Kier molecular flexibility index (Phi) is 9.09. The second kappa shape index (κ2) is 11.8. The van der Waals surface area contributed by atoms with Gasteiger partial charge < -0.3 is 24.8 Å². The van der Waals surface area contributed by atoms with Gasteiger partial charge in [0.25, 0.3) is 0 Å². The number of halogens is 3. The maximum absolute atomic E-state index is 6.21. The summed E-state index contributed by atoms with van der Waals surface area (Å²) >= 11 is 5.64. The fraction of sp³-hybridized carbons (Fsp3) is 0.188. The standard InChI is InChI=1S/C30H22Cl.C2H7Si.2ClH.Zr/c1-2-19-17-28-23(20-13-15-22(31)16-14-20)9-5-11-26(28)30(19)27-12-6-10-25-24-8-4-3-7-21(24)18-29(25)27;1-3-2;;;/h3-11,13-17,30H,2,18H2,1H3;3H,1-2H3;2*1H;/q;;;;+2/p-2. The zero-order valence-corrected chi connectivity index (χ0v) is 27.2. The first-order valence-electron chi connectivity index (χ1n) is 12.6. The monoisotopic (exact) mass is 636 g/mol. The van der Waals surface area contributed by atoms with Crippen LogP contribution in [0.3, 0.4) is 0 Å². The first-order valence-corrected chi connectivity index (χ1v) is 21.4. The maximum atomic E-state index is 6.21. The fourth-order valence-electron chi connectivity index (χ4n) is 5.99. The van der Waals surface area contributed by atoms with Crippen molar-refractivity contribution in [3.05, 3.63) is 117 Å². The first-order chi connectivity index (χ1) is 17.0. The molecule has 2 aliphatic rings. The Hall–Kier alpha value is -1.41. The molecule has 2 aliphatic carbocycles. The van der Waals surface area contributed by atoms with Crippen molar-refractivity contribution in [1.82, 2.24) is 0 Å². The average molecular weight is 639 g/mol. The van der Waals surface area contributed by atoms with E-state index >= 15 is 0 Å². The Morgan fingerprint density at radius 2 is 1.57 bits per heavy atom. The fourth-order valence-corrected chi connectivity index (χ4v) is 14.4. The van der Waals surface area contributed by atoms with E-state index in [1.807, 2.05) is 12.1 Å². The van der Waals surface area contributed by atoms with Gasteiger partial charge in [-0.15, -0.1) is 0 Å². The molecule has 0 saturated carbocycles. The first kappa shape index (κ1) is 28.6. The van der Waals surface area contributed by atoms with Gasteiger partial charge in [0, 0.05) is 0 Å². The SMILES string of the molecule is CCC1=Cc2c(-c3ccc(Cl)cc3)cccc2C1c1[c]([Zr+2][SiH](C)C)ccc2c1Cc1ccccc1-2.[Cl-].[Cl-]. The summed E-state index contributed by atoms with van der Waals surface area (Å²) in [5.41, 5.74) is 14.7. The minimum atomic E-state index is -0.612. The number of fused-ring (bicyclic) bond motifs is 4. The third kappa shape index (κ3) is 5.13. The molecule has 0 amide bonds. The molecule has 186 valence electrons. The Labute approximate surface area is 250 Å². The van der Waals surface area contributed by atoms with E-state index in [1.54, 1.807) is 20.0 Å². The molecule has 0 nitrogen and oxygen atoms in total. The molecule has 0 saturated heterocycles. The van der Waals surface area contributed by atoms with E-state index in [0.717, 1.165) is 17.9 Å². The predicted octanol–water partition coefficient (Wildman–Crippen LogP) is 2.22. The van der Waals surface area contributed by atoms with Crippen molar-refractivity contribution < 1.29 is 47.2 Å². The van der Waals surface area contributed by atoms with E-state index in [1.165, 1.54) is 38.9 Å². The van der Waals surface area contributed by atoms with Gasteiger partial charge in [-0.2, -0.15) is 0 Å². The van der Waals surface area contributed by atoms with Crippen molar-refractivity contribution in [1.29, 1.82) is 0 Å². The zero-order valence-electron chi connectivity index (χ0n) is 21.3. The third-order valence-electron chi connectivity index (χ3n) is 7.48. The van der Waals surface area contributed by atoms with Crippen molar-refractivity contribution in [2.45, 2.75) is 38.8 Å². The molecule has 37 heavy (non-hydrogen) atoms. The molecular formula is C32H29Cl3SiZr. The maximum Gasteiger partial charge on any atom is -1.00 e. The Morgan fingerprint density at radius 1 is 0.838 bits per heavy atom. The zero-order chi connectivity index (χ0) is 24.1. The van der Waals surface area contributed by atoms with Gasteiger partial charge in [0.1, 0.15) is 0 Å². The van der Waals surface area contributed by atoms with Gasteiger partial charge in [-0.25, -0.2) is 0 Å². The number of benzene rings is 4. The van der Waals surface area contributed by atoms with E-state index in [9.17, 15) is 0 Å². The van der Waals surface area contributed by atoms with Gasteiger partial charge in [-0.1, -0.05) is 0 Å². The molecule has 0 aromatic heterocycles. The summed E-state index contributed by atoms with van der Waals surface area (Å²) in [5.74, 6) is -0.227. The average Bonchev–Trinajstić information content (AvgIpc) is 3.42. The Balaban J connectivity index is 0.00000160. The van der Waals surface area contributed by atoms with E-state index in [4.69, 9.17) is 11.6 Å². The van der Waals surface area contributed by atoms with Gasteiger partial charge in [0.2, 0.25) is 0 Å². The molecule has 1 unspecified atom stereocenters. The summed E-state index contributed by atoms with van der Waals surface area (Å²) < 4.78 is 1.75. The van der Waals surface area contributed by atoms with Crippen LogP contribution in [0.15, 0.2) is 84.4 Å². The molecule has 0 N–H and O–H groups in total. The van der Waals surface area contributed by atoms with Crippen molar-refractivity contribution in [3.63, 3.8) is 0 Å². The van der Waals surface area contributed by atoms with Crippen LogP contribution in [-0.4, -0.2) is 5.92 Å². The van der Waals surface area contributed by atoms with E-state index < -0.39 is 28.3 Å². The van der Waals surface area contributed by atoms with Gasteiger partial charge >= 0.3 is 228 Å². The van der Waals surface area contributed by atoms with Crippen molar-refractivity contribution in [3.8, 4) is 22.3 Å². The predicted molar refractivity (Wildman–Crippen MR) is 150 cm³/mol. The van der Waals surface area contributed by atoms with Gasteiger partial charge in [0.05, 0.1) is 0 Å².